The first-order valence-electron chi connectivity index (χ1n) is 11.4. The van der Waals surface area contributed by atoms with Crippen LogP contribution in [0.2, 0.25) is 0 Å². The van der Waals surface area contributed by atoms with Gasteiger partial charge >= 0.3 is 0 Å². The van der Waals surface area contributed by atoms with Crippen LogP contribution >= 0.6 is 0 Å². The summed E-state index contributed by atoms with van der Waals surface area (Å²) in [7, 11) is -3.74. The molecular formula is C27H30FN3O4S. The third kappa shape index (κ3) is 7.47. The van der Waals surface area contributed by atoms with E-state index in [1.54, 1.807) is 27.7 Å². The number of amides is 2. The molecule has 0 aromatic heterocycles. The van der Waals surface area contributed by atoms with Crippen LogP contribution < -0.4 is 15.4 Å². The molecule has 3 aromatic carbocycles. The average Bonchev–Trinajstić information content (AvgIpc) is 2.79. The fraction of sp³-hybridized carbons (Fsp3) is 0.259. The van der Waals surface area contributed by atoms with E-state index in [4.69, 9.17) is 0 Å². The highest BCUT2D eigenvalue weighted by Crippen LogP contribution is 2.21. The first-order valence-corrected chi connectivity index (χ1v) is 12.9. The van der Waals surface area contributed by atoms with Crippen molar-refractivity contribution in [2.24, 2.45) is 0 Å². The van der Waals surface area contributed by atoms with Crippen LogP contribution in [0.1, 0.15) is 42.3 Å². The molecule has 0 fully saturated rings. The number of hydrogen-bond acceptors (Lipinski definition) is 4. The Balaban J connectivity index is 1.82. The van der Waals surface area contributed by atoms with E-state index in [1.807, 2.05) is 30.3 Å². The van der Waals surface area contributed by atoms with E-state index < -0.39 is 39.2 Å². The number of rotatable bonds is 8. The zero-order valence-electron chi connectivity index (χ0n) is 20.6. The quantitative estimate of drug-likeness (QED) is 0.422. The molecule has 0 aliphatic rings. The molecule has 0 heterocycles. The van der Waals surface area contributed by atoms with Gasteiger partial charge in [-0.3, -0.25) is 9.59 Å². The van der Waals surface area contributed by atoms with Gasteiger partial charge in [0.2, 0.25) is 15.9 Å². The summed E-state index contributed by atoms with van der Waals surface area (Å²) in [5.74, 6) is -1.46. The lowest BCUT2D eigenvalue weighted by atomic mass is 10.0. The summed E-state index contributed by atoms with van der Waals surface area (Å²) in [5.41, 5.74) is 1.38. The van der Waals surface area contributed by atoms with Crippen LogP contribution in [0.15, 0.2) is 77.7 Å². The van der Waals surface area contributed by atoms with Gasteiger partial charge in [-0.15, -0.1) is 0 Å². The number of sulfonamides is 1. The zero-order valence-corrected chi connectivity index (χ0v) is 21.4. The van der Waals surface area contributed by atoms with Crippen LogP contribution in [0, 0.1) is 12.7 Å². The summed E-state index contributed by atoms with van der Waals surface area (Å²) >= 11 is 0. The number of hydrogen-bond donors (Lipinski definition) is 3. The summed E-state index contributed by atoms with van der Waals surface area (Å²) in [4.78, 5) is 26.1. The van der Waals surface area contributed by atoms with Gasteiger partial charge in [0.15, 0.2) is 0 Å². The Morgan fingerprint density at radius 1 is 0.944 bits per heavy atom. The SMILES string of the molecule is Cc1cc(S(=O)(=O)NC(C)(C)C)ccc1NC(=O)C(Cc1ccccc1)NC(=O)c1ccc(F)cc1. The van der Waals surface area contributed by atoms with Gasteiger partial charge in [0.05, 0.1) is 4.90 Å². The predicted octanol–water partition coefficient (Wildman–Crippen LogP) is 4.19. The van der Waals surface area contributed by atoms with E-state index in [-0.39, 0.29) is 16.9 Å². The minimum absolute atomic E-state index is 0.0818. The molecule has 0 aliphatic carbocycles. The number of carbonyl (C=O) groups is 2. The molecule has 0 spiro atoms. The summed E-state index contributed by atoms with van der Waals surface area (Å²) in [6, 6.07) is 17.7. The topological polar surface area (TPSA) is 104 Å². The van der Waals surface area contributed by atoms with Crippen molar-refractivity contribution >= 4 is 27.5 Å². The van der Waals surface area contributed by atoms with Gasteiger partial charge in [-0.2, -0.15) is 0 Å². The Morgan fingerprint density at radius 3 is 2.17 bits per heavy atom. The molecule has 0 aliphatic heterocycles. The maximum Gasteiger partial charge on any atom is 0.251 e. The Kier molecular flexibility index (Phi) is 8.27. The van der Waals surface area contributed by atoms with Gasteiger partial charge in [0.25, 0.3) is 5.91 Å². The minimum Gasteiger partial charge on any atom is -0.340 e. The Morgan fingerprint density at radius 2 is 1.58 bits per heavy atom. The lowest BCUT2D eigenvalue weighted by Crippen LogP contribution is -2.45. The van der Waals surface area contributed by atoms with E-state index in [0.717, 1.165) is 5.56 Å². The van der Waals surface area contributed by atoms with Crippen molar-refractivity contribution in [2.45, 2.75) is 50.6 Å². The molecule has 3 aromatic rings. The number of nitrogens with one attached hydrogen (secondary N) is 3. The summed E-state index contributed by atoms with van der Waals surface area (Å²) in [5, 5.41) is 5.52. The van der Waals surface area contributed by atoms with Crippen LogP contribution in [0.25, 0.3) is 0 Å². The lowest BCUT2D eigenvalue weighted by Gasteiger charge is -2.21. The van der Waals surface area contributed by atoms with Gasteiger partial charge in [0, 0.05) is 23.2 Å². The molecule has 0 saturated heterocycles. The van der Waals surface area contributed by atoms with E-state index in [0.29, 0.717) is 11.3 Å². The van der Waals surface area contributed by atoms with Crippen molar-refractivity contribution in [3.05, 3.63) is 95.3 Å². The maximum absolute atomic E-state index is 13.3. The normalized spacial score (nSPS) is 12.6. The minimum atomic E-state index is -3.74. The summed E-state index contributed by atoms with van der Waals surface area (Å²) in [6.07, 6.45) is 0.223. The monoisotopic (exact) mass is 511 g/mol. The molecule has 3 N–H and O–H groups in total. The number of carbonyl (C=O) groups excluding carboxylic acids is 2. The van der Waals surface area contributed by atoms with Crippen LogP contribution in [0.5, 0.6) is 0 Å². The highest BCUT2D eigenvalue weighted by atomic mass is 32.2. The van der Waals surface area contributed by atoms with E-state index in [1.165, 1.54) is 42.5 Å². The zero-order chi connectivity index (χ0) is 26.5. The molecule has 0 radical (unpaired) electrons. The molecule has 36 heavy (non-hydrogen) atoms. The summed E-state index contributed by atoms with van der Waals surface area (Å²) in [6.45, 7) is 6.94. The second kappa shape index (κ2) is 11.0. The van der Waals surface area contributed by atoms with Crippen molar-refractivity contribution < 1.29 is 22.4 Å². The van der Waals surface area contributed by atoms with Gasteiger partial charge < -0.3 is 10.6 Å². The van der Waals surface area contributed by atoms with Gasteiger partial charge in [0.1, 0.15) is 11.9 Å². The third-order valence-electron chi connectivity index (χ3n) is 5.22. The van der Waals surface area contributed by atoms with Crippen molar-refractivity contribution in [2.75, 3.05) is 5.32 Å². The Hall–Kier alpha value is -3.56. The number of aryl methyl sites for hydroxylation is 1. The second-order valence-electron chi connectivity index (χ2n) is 9.54. The Bertz CT molecular complexity index is 1340. The lowest BCUT2D eigenvalue weighted by molar-refractivity contribution is -0.118. The fourth-order valence-electron chi connectivity index (χ4n) is 3.53. The predicted molar refractivity (Wildman–Crippen MR) is 138 cm³/mol. The van der Waals surface area contributed by atoms with E-state index in [2.05, 4.69) is 15.4 Å². The number of halogens is 1. The van der Waals surface area contributed by atoms with Crippen LogP contribution in [0.4, 0.5) is 10.1 Å². The molecule has 9 heteroatoms. The largest absolute Gasteiger partial charge is 0.340 e. The first-order chi connectivity index (χ1) is 16.8. The molecule has 7 nitrogen and oxygen atoms in total. The van der Waals surface area contributed by atoms with E-state index in [9.17, 15) is 22.4 Å². The van der Waals surface area contributed by atoms with Crippen LogP contribution in [-0.2, 0) is 21.2 Å². The van der Waals surface area contributed by atoms with Gasteiger partial charge in [-0.1, -0.05) is 30.3 Å². The van der Waals surface area contributed by atoms with E-state index >= 15 is 0 Å². The molecule has 0 saturated carbocycles. The molecule has 190 valence electrons. The first kappa shape index (κ1) is 27.0. The molecule has 3 rings (SSSR count). The second-order valence-corrected chi connectivity index (χ2v) is 11.2. The smallest absolute Gasteiger partial charge is 0.251 e. The number of anilines is 1. The maximum atomic E-state index is 13.3. The van der Waals surface area contributed by atoms with Gasteiger partial charge in [-0.25, -0.2) is 17.5 Å². The van der Waals surface area contributed by atoms with Crippen LogP contribution in [0.3, 0.4) is 0 Å². The molecular weight excluding hydrogens is 481 g/mol. The van der Waals surface area contributed by atoms with Crippen molar-refractivity contribution in [1.82, 2.24) is 10.0 Å². The number of benzene rings is 3. The molecule has 0 bridgehead atoms. The average molecular weight is 512 g/mol. The highest BCUT2D eigenvalue weighted by molar-refractivity contribution is 7.89. The fourth-order valence-corrected chi connectivity index (χ4v) is 5.03. The molecule has 2 amide bonds. The van der Waals surface area contributed by atoms with Crippen LogP contribution in [-0.4, -0.2) is 31.8 Å². The van der Waals surface area contributed by atoms with Gasteiger partial charge in [-0.05, 0) is 81.3 Å². The van der Waals surface area contributed by atoms with Crippen molar-refractivity contribution in [1.29, 1.82) is 0 Å². The highest BCUT2D eigenvalue weighted by Gasteiger charge is 2.25. The molecule has 1 atom stereocenters. The summed E-state index contributed by atoms with van der Waals surface area (Å²) < 4.78 is 41.2. The third-order valence-corrected chi connectivity index (χ3v) is 6.97. The molecule has 1 unspecified atom stereocenters. The Labute approximate surface area is 211 Å². The van der Waals surface area contributed by atoms with Crippen molar-refractivity contribution in [3.8, 4) is 0 Å². The van der Waals surface area contributed by atoms with Crippen molar-refractivity contribution in [3.63, 3.8) is 0 Å². The standard InChI is InChI=1S/C27H30FN3O4S/c1-18-16-22(36(34,35)31-27(2,3)4)14-15-23(18)29-26(33)24(17-19-8-6-5-7-9-19)30-25(32)20-10-12-21(28)13-11-20/h5-16,24,31H,17H2,1-4H3,(H,29,33)(H,30,32).